The molecular weight excluding hydrogens is 1370 g/mol. The number of hydrogen-bond donors (Lipinski definition) is 1. The number of amides is 2. The van der Waals surface area contributed by atoms with E-state index < -0.39 is 204 Å². The summed E-state index contributed by atoms with van der Waals surface area (Å²) in [7, 11) is -13.7. The van der Waals surface area contributed by atoms with Crippen molar-refractivity contribution >= 4 is 73.8 Å². The van der Waals surface area contributed by atoms with E-state index in [2.05, 4.69) is 32.3 Å². The summed E-state index contributed by atoms with van der Waals surface area (Å²) in [6, 6.07) is 8.78. The monoisotopic (exact) mass is 1440 g/mol. The number of pyridine rings is 1. The van der Waals surface area contributed by atoms with E-state index in [0.29, 0.717) is 12.3 Å². The molecule has 2 aliphatic rings. The van der Waals surface area contributed by atoms with Crippen LogP contribution in [-0.4, -0.2) is 100 Å². The summed E-state index contributed by atoms with van der Waals surface area (Å²) < 4.78 is 242. The zero-order valence-electron chi connectivity index (χ0n) is 54.1. The molecule has 8 rings (SSSR count). The zero-order valence-corrected chi connectivity index (χ0v) is 57.4. The number of carbonyl (C=O) groups excluding carboxylic acids is 3. The van der Waals surface area contributed by atoms with Crippen LogP contribution in [0.3, 0.4) is 0 Å². The molecule has 6 aromatic rings. The molecule has 1 fully saturated rings. The van der Waals surface area contributed by atoms with Crippen LogP contribution in [0.5, 0.6) is 5.75 Å². The number of nitrogens with one attached hydrogen (secondary N) is 1. The lowest BCUT2D eigenvalue weighted by Gasteiger charge is -2.34. The van der Waals surface area contributed by atoms with Crippen LogP contribution in [0.25, 0.3) is 22.0 Å². The molecule has 0 unspecified atom stereocenters. The summed E-state index contributed by atoms with van der Waals surface area (Å²) in [5, 5.41) is 8.84. The Morgan fingerprint density at radius 1 is 0.844 bits per heavy atom. The standard InChI is InChI=1S/C63H69ClF10N7O12PS2/c1-33(2)91-94(85,92-34(3)4)93-46-16-14-15-36(28-49(84)90-58(5,6)7)52(46)59(8,9)30-48(83)81(96(13,88)89)57-51-44(64)22-20-41(54(51)80(78-57)32-61(67,68)69)40-18-17-39(23-24-60(10,11)95(12,86)87)75-53(40)45(27-35-25-37(65)29-38(66)26-35)76-47(82)31-79-56-50(55(77-79)63(72,73)74)42-19-21-43(42)62(56,70)71/h14-18,20,22,25-26,29,33-34,42-43,45H,19,21,27-28,30-32H2,1-13H3,(H,76,82)/t42-,43+,45-/m0/s1. The summed E-state index contributed by atoms with van der Waals surface area (Å²) in [5.41, 5.74) is -8.98. The van der Waals surface area contributed by atoms with E-state index in [1.54, 1.807) is 20.8 Å². The fraction of sp³-hybridized carbons (Fsp3) is 0.492. The number of sulfonamides is 1. The molecule has 0 bridgehead atoms. The number of sulfone groups is 1. The molecule has 3 atom stereocenters. The maximum Gasteiger partial charge on any atom is 0.530 e. The fourth-order valence-corrected chi connectivity index (χ4v) is 14.5. The summed E-state index contributed by atoms with van der Waals surface area (Å²) >= 11 is 6.93. The van der Waals surface area contributed by atoms with E-state index in [-0.39, 0.29) is 60.2 Å². The maximum atomic E-state index is 16.1. The normalized spacial score (nSPS) is 16.4. The van der Waals surface area contributed by atoms with E-state index in [1.807, 2.05) is 0 Å². The molecule has 522 valence electrons. The molecule has 0 spiro atoms. The highest BCUT2D eigenvalue weighted by Crippen LogP contribution is 2.64. The quantitative estimate of drug-likeness (QED) is 0.0288. The molecule has 0 radical (unpaired) electrons. The van der Waals surface area contributed by atoms with Crippen LogP contribution < -0.4 is 14.1 Å². The molecule has 1 N–H and O–H groups in total. The van der Waals surface area contributed by atoms with Gasteiger partial charge in [0.25, 0.3) is 5.92 Å². The highest BCUT2D eigenvalue weighted by atomic mass is 35.5. The van der Waals surface area contributed by atoms with Gasteiger partial charge >= 0.3 is 26.1 Å². The molecule has 33 heteroatoms. The third kappa shape index (κ3) is 16.5. The zero-order chi connectivity index (χ0) is 71.8. The average Bonchev–Trinajstić information content (AvgIpc) is 1.54. The molecule has 96 heavy (non-hydrogen) atoms. The minimum absolute atomic E-state index is 0.0366. The Kier molecular flexibility index (Phi) is 20.7. The van der Waals surface area contributed by atoms with Gasteiger partial charge in [-0.2, -0.15) is 49.6 Å². The van der Waals surface area contributed by atoms with Gasteiger partial charge in [0.1, 0.15) is 52.2 Å². The Labute approximate surface area is 552 Å². The van der Waals surface area contributed by atoms with Crippen molar-refractivity contribution < 1.29 is 98.0 Å². The van der Waals surface area contributed by atoms with Crippen molar-refractivity contribution in [3.63, 3.8) is 0 Å². The second kappa shape index (κ2) is 26.6. The summed E-state index contributed by atoms with van der Waals surface area (Å²) in [4.78, 5) is 48.1. The Morgan fingerprint density at radius 3 is 2.00 bits per heavy atom. The first-order chi connectivity index (χ1) is 43.9. The van der Waals surface area contributed by atoms with Crippen molar-refractivity contribution in [1.82, 2.24) is 29.9 Å². The van der Waals surface area contributed by atoms with Gasteiger partial charge in [-0.15, -0.1) is 0 Å². The van der Waals surface area contributed by atoms with Crippen molar-refractivity contribution in [3.05, 3.63) is 122 Å². The highest BCUT2D eigenvalue weighted by Gasteiger charge is 2.64. The van der Waals surface area contributed by atoms with Crippen LogP contribution in [0.4, 0.5) is 49.7 Å². The number of phosphoric ester groups is 1. The van der Waals surface area contributed by atoms with Crippen LogP contribution in [0.15, 0.2) is 60.7 Å². The highest BCUT2D eigenvalue weighted by molar-refractivity contribution is 7.93. The van der Waals surface area contributed by atoms with Crippen molar-refractivity contribution in [2.24, 2.45) is 5.92 Å². The number of benzene rings is 3. The van der Waals surface area contributed by atoms with Gasteiger partial charge in [-0.05, 0) is 141 Å². The summed E-state index contributed by atoms with van der Waals surface area (Å²) in [6.45, 7) is 12.8. The smallest absolute Gasteiger partial charge is 0.460 e. The molecule has 0 saturated heterocycles. The van der Waals surface area contributed by atoms with Gasteiger partial charge in [0.2, 0.25) is 21.8 Å². The predicted octanol–water partition coefficient (Wildman–Crippen LogP) is 13.6. The van der Waals surface area contributed by atoms with Gasteiger partial charge in [-0.25, -0.2) is 35.2 Å². The van der Waals surface area contributed by atoms with E-state index in [4.69, 9.17) is 29.9 Å². The molecule has 19 nitrogen and oxygen atoms in total. The SMILES string of the molecule is CC(C)OP(=O)(Oc1cccc(CC(=O)OC(C)(C)C)c1C(C)(C)CC(=O)N(c1nn(CC(F)(F)F)c2c(-c3ccc(C#CC(C)(C)S(C)(=O)=O)nc3[C@H](Cc3cc(F)cc(F)c3)NC(=O)Cn3nc(C(F)(F)F)c4c3C(F)(F)[C@@H]3CC[C@H]43)ccc(Cl)c12)S(C)(=O)=O)OC(C)C. The molecular formula is C63H69ClF10N7O12PS2. The number of fused-ring (bicyclic) bond motifs is 4. The number of halogens is 11. The minimum Gasteiger partial charge on any atom is -0.460 e. The minimum atomic E-state index is -5.27. The Morgan fingerprint density at radius 2 is 1.46 bits per heavy atom. The van der Waals surface area contributed by atoms with Crippen molar-refractivity contribution in [1.29, 1.82) is 0 Å². The van der Waals surface area contributed by atoms with Crippen molar-refractivity contribution in [3.8, 4) is 28.7 Å². The lowest BCUT2D eigenvalue weighted by molar-refractivity contribution is -0.154. The fourth-order valence-electron chi connectivity index (χ4n) is 11.6. The molecule has 3 heterocycles. The molecule has 1 saturated carbocycles. The molecule has 2 amide bonds. The number of anilines is 1. The van der Waals surface area contributed by atoms with Crippen LogP contribution in [0.2, 0.25) is 5.02 Å². The lowest BCUT2D eigenvalue weighted by atomic mass is 9.73. The number of alkyl halides is 8. The van der Waals surface area contributed by atoms with E-state index in [0.717, 1.165) is 42.7 Å². The molecule has 3 aromatic heterocycles. The average molecular weight is 1440 g/mol. The summed E-state index contributed by atoms with van der Waals surface area (Å²) in [5.74, 6) is -8.79. The summed E-state index contributed by atoms with van der Waals surface area (Å²) in [6.07, 6.45) is -13.1. The first-order valence-corrected chi connectivity index (χ1v) is 35.3. The predicted molar refractivity (Wildman–Crippen MR) is 334 cm³/mol. The van der Waals surface area contributed by atoms with E-state index in [9.17, 15) is 44.2 Å². The van der Waals surface area contributed by atoms with E-state index in [1.165, 1.54) is 73.6 Å². The molecule has 2 aliphatic carbocycles. The number of phosphoric acid groups is 1. The third-order valence-electron chi connectivity index (χ3n) is 15.6. The lowest BCUT2D eigenvalue weighted by Crippen LogP contribution is -2.40. The number of ether oxygens (including phenoxy) is 1. The number of nitrogens with zero attached hydrogens (tertiary/aromatic N) is 6. The topological polar surface area (TPSA) is 237 Å². The maximum absolute atomic E-state index is 16.1. The van der Waals surface area contributed by atoms with Crippen LogP contribution >= 0.6 is 19.4 Å². The van der Waals surface area contributed by atoms with Gasteiger partial charge in [-0.3, -0.25) is 32.8 Å². The van der Waals surface area contributed by atoms with Crippen LogP contribution in [-0.2, 0) is 96.0 Å². The molecule has 3 aromatic carbocycles. The first-order valence-electron chi connectivity index (χ1n) is 29.7. The molecule has 0 aliphatic heterocycles. The number of aromatic nitrogens is 5. The Hall–Kier alpha value is -7.10. The van der Waals surface area contributed by atoms with Gasteiger partial charge in [0, 0.05) is 52.3 Å². The largest absolute Gasteiger partial charge is 0.530 e. The number of rotatable bonds is 22. The number of carbonyl (C=O) groups is 3. The van der Waals surface area contributed by atoms with Crippen LogP contribution in [0.1, 0.15) is 152 Å². The van der Waals surface area contributed by atoms with Gasteiger partial charge < -0.3 is 14.6 Å². The Bertz CT molecular complexity index is 4390. The first kappa shape index (κ1) is 74.7. The van der Waals surface area contributed by atoms with Gasteiger partial charge in [-0.1, -0.05) is 49.6 Å². The second-order valence-electron chi connectivity index (χ2n) is 26.2. The third-order valence-corrected chi connectivity index (χ3v) is 20.7. The number of hydrogen-bond acceptors (Lipinski definition) is 15. The Balaban J connectivity index is 1.35. The van der Waals surface area contributed by atoms with Gasteiger partial charge in [0.15, 0.2) is 21.3 Å². The number of esters is 1. The van der Waals surface area contributed by atoms with Crippen molar-refractivity contribution in [2.45, 2.75) is 180 Å². The van der Waals surface area contributed by atoms with Crippen molar-refractivity contribution in [2.75, 3.05) is 16.8 Å². The van der Waals surface area contributed by atoms with E-state index >= 15 is 35.5 Å². The van der Waals surface area contributed by atoms with Gasteiger partial charge in [0.05, 0.1) is 52.5 Å². The van der Waals surface area contributed by atoms with Crippen LogP contribution in [0, 0.1) is 29.4 Å². The second-order valence-corrected chi connectivity index (χ2v) is 32.5.